The number of hydrogen-bond donors (Lipinski definition) is 0. The maximum absolute atomic E-state index is 12.2. The molecule has 122 valence electrons. The molecule has 4 heteroatoms. The molecule has 1 saturated heterocycles. The summed E-state index contributed by atoms with van der Waals surface area (Å²) in [4.78, 5) is 18.3. The van der Waals surface area contributed by atoms with E-state index in [0.29, 0.717) is 12.3 Å². The van der Waals surface area contributed by atoms with E-state index in [2.05, 4.69) is 41.3 Å². The number of carbonyl (C=O) groups excluding carboxylic acids is 1. The second-order valence-corrected chi connectivity index (χ2v) is 7.10. The highest BCUT2D eigenvalue weighted by Gasteiger charge is 2.33. The lowest BCUT2D eigenvalue weighted by molar-refractivity contribution is -0.137. The van der Waals surface area contributed by atoms with Gasteiger partial charge in [0.25, 0.3) is 0 Å². The minimum absolute atomic E-state index is 0.273. The number of allylic oxidation sites excluding steroid dienone is 2. The highest BCUT2D eigenvalue weighted by molar-refractivity contribution is 5.77. The van der Waals surface area contributed by atoms with Crippen molar-refractivity contribution in [3.63, 3.8) is 0 Å². The van der Waals surface area contributed by atoms with Gasteiger partial charge in [-0.1, -0.05) is 18.6 Å². The van der Waals surface area contributed by atoms with Gasteiger partial charge in [0.05, 0.1) is 6.33 Å². The lowest BCUT2D eigenvalue weighted by atomic mass is 9.77. The summed E-state index contributed by atoms with van der Waals surface area (Å²) in [6.07, 6.45) is 12.9. The van der Waals surface area contributed by atoms with Crippen molar-refractivity contribution in [2.75, 3.05) is 13.1 Å². The van der Waals surface area contributed by atoms with Crippen LogP contribution in [-0.2, 0) is 11.3 Å². The third-order valence-corrected chi connectivity index (χ3v) is 4.57. The van der Waals surface area contributed by atoms with Gasteiger partial charge in [-0.15, -0.1) is 0 Å². The van der Waals surface area contributed by atoms with Gasteiger partial charge in [-0.25, -0.2) is 4.98 Å². The highest BCUT2D eigenvalue weighted by atomic mass is 16.2. The minimum Gasteiger partial charge on any atom is -0.342 e. The van der Waals surface area contributed by atoms with Crippen LogP contribution < -0.4 is 0 Å². The predicted molar refractivity (Wildman–Crippen MR) is 89.4 cm³/mol. The Balaban J connectivity index is 1.81. The highest BCUT2D eigenvalue weighted by Crippen LogP contribution is 2.34. The van der Waals surface area contributed by atoms with E-state index in [1.807, 2.05) is 12.5 Å². The third-order valence-electron chi connectivity index (χ3n) is 4.57. The molecule has 1 fully saturated rings. The third kappa shape index (κ3) is 5.00. The number of amides is 1. The molecule has 2 heterocycles. The summed E-state index contributed by atoms with van der Waals surface area (Å²) < 4.78 is 2.07. The van der Waals surface area contributed by atoms with Crippen LogP contribution >= 0.6 is 0 Å². The molecule has 4 nitrogen and oxygen atoms in total. The van der Waals surface area contributed by atoms with Crippen molar-refractivity contribution in [2.24, 2.45) is 5.41 Å². The van der Waals surface area contributed by atoms with E-state index in [9.17, 15) is 4.79 Å². The predicted octanol–water partition coefficient (Wildman–Crippen LogP) is 3.65. The Kier molecular flexibility index (Phi) is 5.81. The topological polar surface area (TPSA) is 38.1 Å². The van der Waals surface area contributed by atoms with Crippen LogP contribution in [0, 0.1) is 5.41 Å². The average Bonchev–Trinajstić information content (AvgIpc) is 2.96. The monoisotopic (exact) mass is 303 g/mol. The van der Waals surface area contributed by atoms with Crippen molar-refractivity contribution in [3.8, 4) is 0 Å². The lowest BCUT2D eigenvalue weighted by Gasteiger charge is -2.40. The molecule has 2 rings (SSSR count). The normalized spacial score (nSPS) is 22.0. The molecule has 0 spiro atoms. The average molecular weight is 303 g/mol. The zero-order valence-electron chi connectivity index (χ0n) is 14.2. The second kappa shape index (κ2) is 7.61. The van der Waals surface area contributed by atoms with Crippen LogP contribution in [0.4, 0.5) is 0 Å². The van der Waals surface area contributed by atoms with Crippen LogP contribution in [0.5, 0.6) is 0 Å². The van der Waals surface area contributed by atoms with Crippen LogP contribution in [0.15, 0.2) is 30.4 Å². The van der Waals surface area contributed by atoms with Gasteiger partial charge >= 0.3 is 0 Å². The quantitative estimate of drug-likeness (QED) is 0.721. The van der Waals surface area contributed by atoms with Crippen molar-refractivity contribution in [1.29, 1.82) is 0 Å². The van der Waals surface area contributed by atoms with Crippen molar-refractivity contribution in [1.82, 2.24) is 14.5 Å². The maximum atomic E-state index is 12.2. The Labute approximate surface area is 134 Å². The van der Waals surface area contributed by atoms with Gasteiger partial charge in [0.2, 0.25) is 5.91 Å². The molecule has 1 aromatic heterocycles. The van der Waals surface area contributed by atoms with E-state index in [4.69, 9.17) is 0 Å². The molecule has 0 radical (unpaired) electrons. The molecule has 1 aliphatic heterocycles. The van der Waals surface area contributed by atoms with Crippen LogP contribution in [0.25, 0.3) is 0 Å². The fourth-order valence-electron chi connectivity index (χ4n) is 3.18. The molecule has 0 N–H and O–H groups in total. The van der Waals surface area contributed by atoms with Crippen molar-refractivity contribution in [3.05, 3.63) is 30.4 Å². The molecule has 0 saturated carbocycles. The van der Waals surface area contributed by atoms with Crippen LogP contribution in [0.2, 0.25) is 0 Å². The van der Waals surface area contributed by atoms with Gasteiger partial charge in [0, 0.05) is 38.4 Å². The number of nitrogens with zero attached hydrogens (tertiary/aromatic N) is 3. The summed E-state index contributed by atoms with van der Waals surface area (Å²) in [6, 6.07) is 0. The number of aryl methyl sites for hydroxylation is 1. The molecule has 0 bridgehead atoms. The SMILES string of the molecule is CC(C)=CCCC1(C)CCC(=O)N(CCCn2ccnc2)C1. The standard InChI is InChI=1S/C18H29N3O/c1-16(2)6-4-8-18(3)9-7-17(22)21(14-18)12-5-11-20-13-10-19-15-20/h6,10,13,15H,4-5,7-9,11-12,14H2,1-3H3. The van der Waals surface area contributed by atoms with Gasteiger partial charge < -0.3 is 9.47 Å². The molecule has 1 aromatic rings. The van der Waals surface area contributed by atoms with E-state index in [-0.39, 0.29) is 5.41 Å². The summed E-state index contributed by atoms with van der Waals surface area (Å²) in [7, 11) is 0. The first kappa shape index (κ1) is 16.8. The first-order valence-electron chi connectivity index (χ1n) is 8.35. The first-order chi connectivity index (χ1) is 10.5. The molecular weight excluding hydrogens is 274 g/mol. The Morgan fingerprint density at radius 3 is 2.91 bits per heavy atom. The fraction of sp³-hybridized carbons (Fsp3) is 0.667. The van der Waals surface area contributed by atoms with E-state index in [1.165, 1.54) is 12.0 Å². The molecule has 0 aromatic carbocycles. The van der Waals surface area contributed by atoms with Crippen LogP contribution in [0.1, 0.15) is 52.9 Å². The van der Waals surface area contributed by atoms with E-state index >= 15 is 0 Å². The fourth-order valence-corrected chi connectivity index (χ4v) is 3.18. The summed E-state index contributed by atoms with van der Waals surface area (Å²) in [6.45, 7) is 9.32. The largest absolute Gasteiger partial charge is 0.342 e. The number of aromatic nitrogens is 2. The number of imidazole rings is 1. The summed E-state index contributed by atoms with van der Waals surface area (Å²) in [5, 5.41) is 0. The van der Waals surface area contributed by atoms with E-state index in [1.54, 1.807) is 6.20 Å². The Bertz CT molecular complexity index is 502. The first-order valence-corrected chi connectivity index (χ1v) is 8.35. The van der Waals surface area contributed by atoms with E-state index in [0.717, 1.165) is 38.9 Å². The molecule has 0 aliphatic carbocycles. The Hall–Kier alpha value is -1.58. The lowest BCUT2D eigenvalue weighted by Crippen LogP contribution is -2.45. The van der Waals surface area contributed by atoms with Crippen molar-refractivity contribution in [2.45, 2.75) is 59.4 Å². The molecular formula is C18H29N3O. The molecule has 1 aliphatic rings. The minimum atomic E-state index is 0.273. The number of likely N-dealkylation sites (tertiary alicyclic amines) is 1. The number of rotatable bonds is 7. The zero-order chi connectivity index (χ0) is 16.0. The number of hydrogen-bond acceptors (Lipinski definition) is 2. The van der Waals surface area contributed by atoms with Crippen molar-refractivity contribution >= 4 is 5.91 Å². The number of carbonyl (C=O) groups is 1. The second-order valence-electron chi connectivity index (χ2n) is 7.10. The molecule has 1 atom stereocenters. The van der Waals surface area contributed by atoms with Gasteiger partial charge in [0.1, 0.15) is 0 Å². The van der Waals surface area contributed by atoms with Gasteiger partial charge in [-0.2, -0.15) is 0 Å². The molecule has 1 amide bonds. The number of piperidine rings is 1. The summed E-state index contributed by atoms with van der Waals surface area (Å²) >= 11 is 0. The Morgan fingerprint density at radius 1 is 1.41 bits per heavy atom. The van der Waals surface area contributed by atoms with E-state index < -0.39 is 0 Å². The van der Waals surface area contributed by atoms with Gasteiger partial charge in [-0.3, -0.25) is 4.79 Å². The van der Waals surface area contributed by atoms with Gasteiger partial charge in [0.15, 0.2) is 0 Å². The zero-order valence-corrected chi connectivity index (χ0v) is 14.2. The Morgan fingerprint density at radius 2 is 2.23 bits per heavy atom. The smallest absolute Gasteiger partial charge is 0.222 e. The molecule has 22 heavy (non-hydrogen) atoms. The summed E-state index contributed by atoms with van der Waals surface area (Å²) in [5.74, 6) is 0.324. The van der Waals surface area contributed by atoms with Crippen LogP contribution in [-0.4, -0.2) is 33.4 Å². The maximum Gasteiger partial charge on any atom is 0.222 e. The van der Waals surface area contributed by atoms with Crippen LogP contribution in [0.3, 0.4) is 0 Å². The summed E-state index contributed by atoms with van der Waals surface area (Å²) in [5.41, 5.74) is 1.65. The van der Waals surface area contributed by atoms with Crippen molar-refractivity contribution < 1.29 is 4.79 Å². The molecule has 1 unspecified atom stereocenters. The van der Waals surface area contributed by atoms with Gasteiger partial charge in [-0.05, 0) is 44.9 Å².